The number of rotatable bonds is 7. The van der Waals surface area contributed by atoms with Gasteiger partial charge < -0.3 is 4.18 Å². The van der Waals surface area contributed by atoms with Crippen molar-refractivity contribution >= 4 is 31.0 Å². The van der Waals surface area contributed by atoms with E-state index in [-0.39, 0.29) is 17.2 Å². The van der Waals surface area contributed by atoms with Crippen molar-refractivity contribution in [3.63, 3.8) is 0 Å². The maximum absolute atomic E-state index is 13.5. The Morgan fingerprint density at radius 2 is 1.54 bits per heavy atom. The smallest absolute Gasteiger partial charge is 0.376 e. The Morgan fingerprint density at radius 3 is 2.08 bits per heavy atom. The summed E-state index contributed by atoms with van der Waals surface area (Å²) in [5.41, 5.74) is -0.969. The Bertz CT molecular complexity index is 1750. The third-order valence-electron chi connectivity index (χ3n) is 6.46. The van der Waals surface area contributed by atoms with Crippen LogP contribution in [0.15, 0.2) is 59.8 Å². The van der Waals surface area contributed by atoms with Gasteiger partial charge in [0, 0.05) is 23.7 Å². The van der Waals surface area contributed by atoms with Crippen LogP contribution >= 0.6 is 0 Å². The Morgan fingerprint density at radius 1 is 0.949 bits per heavy atom. The Labute approximate surface area is 225 Å². The quantitative estimate of drug-likeness (QED) is 0.193. The second kappa shape index (κ2) is 9.98. The molecular formula is C27H27F3N2O5S2. The first-order valence-electron chi connectivity index (χ1n) is 11.9. The van der Waals surface area contributed by atoms with Crippen LogP contribution < -0.4 is 4.18 Å². The van der Waals surface area contributed by atoms with E-state index in [1.54, 1.807) is 44.3 Å². The van der Waals surface area contributed by atoms with Crippen molar-refractivity contribution < 1.29 is 34.2 Å². The highest BCUT2D eigenvalue weighted by atomic mass is 32.2. The van der Waals surface area contributed by atoms with Crippen LogP contribution in [0.1, 0.15) is 53.3 Å². The molecule has 0 atom stereocenters. The van der Waals surface area contributed by atoms with Gasteiger partial charge in [-0.3, -0.25) is 4.98 Å². The summed E-state index contributed by atoms with van der Waals surface area (Å²) >= 11 is 0. The lowest BCUT2D eigenvalue weighted by Crippen LogP contribution is -2.28. The van der Waals surface area contributed by atoms with E-state index >= 15 is 0 Å². The first-order chi connectivity index (χ1) is 18.0. The number of halogens is 3. The maximum atomic E-state index is 13.5. The summed E-state index contributed by atoms with van der Waals surface area (Å²) in [5.74, 6) is -0.428. The van der Waals surface area contributed by atoms with Gasteiger partial charge in [-0.15, -0.1) is 0 Å². The van der Waals surface area contributed by atoms with Gasteiger partial charge in [0.25, 0.3) is 10.0 Å². The number of alkyl halides is 3. The van der Waals surface area contributed by atoms with E-state index in [0.29, 0.717) is 22.3 Å². The third-order valence-corrected chi connectivity index (χ3v) is 9.13. The summed E-state index contributed by atoms with van der Waals surface area (Å²) in [6, 6.07) is 10.9. The van der Waals surface area contributed by atoms with E-state index in [4.69, 9.17) is 0 Å². The fraction of sp³-hybridized carbons (Fsp3) is 0.296. The highest BCUT2D eigenvalue weighted by Gasteiger charge is 2.48. The number of hydrogen-bond donors (Lipinski definition) is 0. The van der Waals surface area contributed by atoms with Crippen LogP contribution in [0.5, 0.6) is 5.75 Å². The molecule has 7 nitrogen and oxygen atoms in total. The molecule has 0 spiro atoms. The summed E-state index contributed by atoms with van der Waals surface area (Å²) in [6.07, 6.45) is 3.40. The average molecular weight is 581 g/mol. The van der Waals surface area contributed by atoms with Gasteiger partial charge >= 0.3 is 15.6 Å². The topological polar surface area (TPSA) is 95.3 Å². The Balaban J connectivity index is 1.73. The summed E-state index contributed by atoms with van der Waals surface area (Å²) < 4.78 is 93.5. The molecule has 208 valence electrons. The Kier molecular flexibility index (Phi) is 7.32. The summed E-state index contributed by atoms with van der Waals surface area (Å²) in [5, 5.41) is 0.720. The lowest BCUT2D eigenvalue weighted by Gasteiger charge is -2.14. The lowest BCUT2D eigenvalue weighted by atomic mass is 9.96. The average Bonchev–Trinajstić information content (AvgIpc) is 3.21. The van der Waals surface area contributed by atoms with Crippen LogP contribution in [0, 0.1) is 20.8 Å². The molecule has 0 fully saturated rings. The second-order valence-electron chi connectivity index (χ2n) is 9.74. The SMILES string of the molecule is Cc1ccc(S(=O)(=O)n2cc(C(C)C)c3cc(Cc4c(C)cc(OS(=O)(=O)C(F)(F)F)cc4C)ncc32)cc1. The molecule has 0 radical (unpaired) electrons. The number of benzene rings is 2. The van der Waals surface area contributed by atoms with Gasteiger partial charge in [0.2, 0.25) is 0 Å². The molecule has 12 heteroatoms. The fourth-order valence-corrected chi connectivity index (χ4v) is 6.19. The molecule has 0 amide bonds. The zero-order valence-corrected chi connectivity index (χ0v) is 23.5. The Hall–Kier alpha value is -3.38. The van der Waals surface area contributed by atoms with Gasteiger partial charge in [0.15, 0.2) is 0 Å². The van der Waals surface area contributed by atoms with Gasteiger partial charge in [-0.2, -0.15) is 21.6 Å². The van der Waals surface area contributed by atoms with E-state index in [1.165, 1.54) is 22.3 Å². The van der Waals surface area contributed by atoms with Crippen molar-refractivity contribution in [3.05, 3.63) is 88.4 Å². The van der Waals surface area contributed by atoms with Crippen LogP contribution in [0.2, 0.25) is 0 Å². The van der Waals surface area contributed by atoms with E-state index in [9.17, 15) is 30.0 Å². The van der Waals surface area contributed by atoms with Gasteiger partial charge in [-0.1, -0.05) is 31.5 Å². The molecule has 0 bridgehead atoms. The minimum atomic E-state index is -5.79. The molecule has 2 heterocycles. The highest BCUT2D eigenvalue weighted by molar-refractivity contribution is 7.90. The first kappa shape index (κ1) is 28.6. The van der Waals surface area contributed by atoms with Crippen LogP contribution in [0.25, 0.3) is 10.9 Å². The van der Waals surface area contributed by atoms with E-state index in [1.807, 2.05) is 26.8 Å². The zero-order valence-electron chi connectivity index (χ0n) is 21.9. The molecule has 0 aliphatic heterocycles. The van der Waals surface area contributed by atoms with Crippen LogP contribution in [0.4, 0.5) is 13.2 Å². The van der Waals surface area contributed by atoms with Gasteiger partial charge in [0.1, 0.15) is 5.75 Å². The van der Waals surface area contributed by atoms with E-state index < -0.39 is 31.4 Å². The number of aromatic nitrogens is 2. The minimum absolute atomic E-state index is 0.00713. The summed E-state index contributed by atoms with van der Waals surface area (Å²) in [7, 11) is -9.67. The van der Waals surface area contributed by atoms with Crippen molar-refractivity contribution in [1.29, 1.82) is 0 Å². The molecule has 4 aromatic rings. The van der Waals surface area contributed by atoms with Crippen molar-refractivity contribution in [2.45, 2.75) is 57.4 Å². The van der Waals surface area contributed by atoms with Crippen LogP contribution in [-0.4, -0.2) is 31.3 Å². The number of aryl methyl sites for hydroxylation is 3. The van der Waals surface area contributed by atoms with Crippen LogP contribution in [-0.2, 0) is 26.6 Å². The molecule has 39 heavy (non-hydrogen) atoms. The number of fused-ring (bicyclic) bond motifs is 1. The normalized spacial score (nSPS) is 12.8. The lowest BCUT2D eigenvalue weighted by molar-refractivity contribution is -0.0500. The fourth-order valence-electron chi connectivity index (χ4n) is 4.38. The van der Waals surface area contributed by atoms with Crippen molar-refractivity contribution in [2.24, 2.45) is 0 Å². The first-order valence-corrected chi connectivity index (χ1v) is 14.8. The van der Waals surface area contributed by atoms with Gasteiger partial charge in [0.05, 0.1) is 16.6 Å². The van der Waals surface area contributed by atoms with Gasteiger partial charge in [-0.25, -0.2) is 12.4 Å². The van der Waals surface area contributed by atoms with E-state index in [2.05, 4.69) is 9.17 Å². The number of hydrogen-bond acceptors (Lipinski definition) is 6. The predicted molar refractivity (Wildman–Crippen MR) is 142 cm³/mol. The molecule has 2 aromatic heterocycles. The van der Waals surface area contributed by atoms with Crippen molar-refractivity contribution in [3.8, 4) is 5.75 Å². The monoisotopic (exact) mass is 580 g/mol. The maximum Gasteiger partial charge on any atom is 0.534 e. The minimum Gasteiger partial charge on any atom is -0.376 e. The standard InChI is InChI=1S/C27H27F3N2O5S2/c1-16(2)25-15-32(38(33,34)22-8-6-17(3)7-9-22)26-14-31-20(13-24(25)26)12-23-18(4)10-21(11-19(23)5)37-39(35,36)27(28,29)30/h6-11,13-16H,12H2,1-5H3. The van der Waals surface area contributed by atoms with Crippen LogP contribution in [0.3, 0.4) is 0 Å². The molecular weight excluding hydrogens is 553 g/mol. The second-order valence-corrected chi connectivity index (χ2v) is 13.1. The molecule has 0 saturated heterocycles. The summed E-state index contributed by atoms with van der Waals surface area (Å²) in [4.78, 5) is 4.65. The summed E-state index contributed by atoms with van der Waals surface area (Å²) in [6.45, 7) is 9.06. The molecule has 0 unspecified atom stereocenters. The molecule has 0 N–H and O–H groups in total. The number of nitrogens with zero attached hydrogens (tertiary/aromatic N) is 2. The molecule has 0 aliphatic carbocycles. The third kappa shape index (κ3) is 5.53. The van der Waals surface area contributed by atoms with E-state index in [0.717, 1.165) is 22.1 Å². The number of pyridine rings is 1. The van der Waals surface area contributed by atoms with Crippen molar-refractivity contribution in [2.75, 3.05) is 0 Å². The molecule has 4 rings (SSSR count). The molecule has 2 aromatic carbocycles. The predicted octanol–water partition coefficient (Wildman–Crippen LogP) is 6.14. The largest absolute Gasteiger partial charge is 0.534 e. The molecule has 0 aliphatic rings. The molecule has 0 saturated carbocycles. The van der Waals surface area contributed by atoms with Gasteiger partial charge in [-0.05, 0) is 79.3 Å². The van der Waals surface area contributed by atoms with Crippen molar-refractivity contribution in [1.82, 2.24) is 8.96 Å². The zero-order chi connectivity index (χ0) is 28.9. The highest BCUT2D eigenvalue weighted by Crippen LogP contribution is 2.33.